The number of nitrogens with two attached hydrogens (primary N) is 2. The van der Waals surface area contributed by atoms with Gasteiger partial charge in [0.25, 0.3) is 0 Å². The van der Waals surface area contributed by atoms with Gasteiger partial charge in [0, 0.05) is 12.1 Å². The molecule has 4 fully saturated rings. The second kappa shape index (κ2) is 10.9. The first-order valence-corrected chi connectivity index (χ1v) is 11.8. The van der Waals surface area contributed by atoms with E-state index in [9.17, 15) is 40.9 Å². The quantitative estimate of drug-likeness (QED) is 0.153. The molecule has 0 amide bonds. The number of aliphatic hydroxyl groups is 8. The van der Waals surface area contributed by atoms with Gasteiger partial charge in [0.1, 0.15) is 48.8 Å². The van der Waals surface area contributed by atoms with E-state index in [-0.39, 0.29) is 6.42 Å². The van der Waals surface area contributed by atoms with Gasteiger partial charge in [0.15, 0.2) is 12.4 Å². The van der Waals surface area contributed by atoms with Gasteiger partial charge in [-0.3, -0.25) is 0 Å². The van der Waals surface area contributed by atoms with Crippen LogP contribution in [0.25, 0.3) is 0 Å². The highest BCUT2D eigenvalue weighted by molar-refractivity contribution is 5.05. The second-order valence-electron chi connectivity index (χ2n) is 9.72. The summed E-state index contributed by atoms with van der Waals surface area (Å²) in [5, 5.41) is 85.6. The zero-order chi connectivity index (χ0) is 26.5. The molecule has 1 aliphatic carbocycles. The molecule has 0 bridgehead atoms. The normalized spacial score (nSPS) is 54.4. The summed E-state index contributed by atoms with van der Waals surface area (Å²) in [5.41, 5.74) is 11.8. The van der Waals surface area contributed by atoms with Gasteiger partial charge in [0.05, 0.1) is 31.5 Å². The average molecular weight is 528 g/mol. The van der Waals surface area contributed by atoms with Crippen LogP contribution in [0.2, 0.25) is 0 Å². The molecule has 4 aliphatic rings. The van der Waals surface area contributed by atoms with Crippen molar-refractivity contribution < 1.29 is 64.5 Å². The molecule has 0 radical (unpaired) electrons. The van der Waals surface area contributed by atoms with Crippen LogP contribution in [-0.4, -0.2) is 159 Å². The molecule has 1 saturated carbocycles. The SMILES string of the molecule is CN[C@H]1C[C@@H](N)[C@H](O)[C@@H](O[C@@H]2O[C@H](CO)[C@H](O)[C@@H]3O[C@]4(O[C@H]23)O[C@@H]([C@H](N)CO)[C@@H](O)[C@@H](O)[C@@H]4O)[C@@H]1O. The topological polar surface area (TPSA) is 272 Å². The minimum absolute atomic E-state index is 0.254. The van der Waals surface area contributed by atoms with Gasteiger partial charge in [-0.1, -0.05) is 0 Å². The smallest absolute Gasteiger partial charge is 0.314 e. The standard InChI is InChI=1S/C20H37N3O13/c1-23-7-2-5(21)9(26)15(10(7)27)33-19-17-16(11(28)8(4-25)32-19)35-20(36-17)18(31)13(30)12(29)14(34-20)6(22)3-24/h5-19,23-31H,2-4,21-22H2,1H3/t5-,6-,7+,8-,9+,10-,11+,12+,13-,14+,15-,16+,17+,18+,19+,20-/m1/s1. The molecule has 0 aromatic heterocycles. The van der Waals surface area contributed by atoms with Gasteiger partial charge in [-0.15, -0.1) is 0 Å². The maximum atomic E-state index is 10.7. The van der Waals surface area contributed by atoms with E-state index in [1.54, 1.807) is 7.05 Å². The van der Waals surface area contributed by atoms with Crippen molar-refractivity contribution in [1.29, 1.82) is 0 Å². The molecule has 0 aromatic rings. The van der Waals surface area contributed by atoms with Crippen LogP contribution < -0.4 is 16.8 Å². The summed E-state index contributed by atoms with van der Waals surface area (Å²) in [7, 11) is 1.60. The molecule has 16 atom stereocenters. The monoisotopic (exact) mass is 527 g/mol. The fourth-order valence-corrected chi connectivity index (χ4v) is 5.23. The number of nitrogens with one attached hydrogen (secondary N) is 1. The fourth-order valence-electron chi connectivity index (χ4n) is 5.23. The average Bonchev–Trinajstić information content (AvgIpc) is 3.27. The Kier molecular flexibility index (Phi) is 8.55. The first-order valence-electron chi connectivity index (χ1n) is 11.8. The summed E-state index contributed by atoms with van der Waals surface area (Å²) in [6.45, 7) is -1.33. The zero-order valence-corrected chi connectivity index (χ0v) is 19.6. The fraction of sp³-hybridized carbons (Fsp3) is 1.00. The zero-order valence-electron chi connectivity index (χ0n) is 19.6. The molecule has 13 N–H and O–H groups in total. The lowest BCUT2D eigenvalue weighted by Gasteiger charge is -2.46. The van der Waals surface area contributed by atoms with Crippen molar-refractivity contribution in [3.63, 3.8) is 0 Å². The summed E-state index contributed by atoms with van der Waals surface area (Å²) in [4.78, 5) is 0. The van der Waals surface area contributed by atoms with Crippen molar-refractivity contribution >= 4 is 0 Å². The van der Waals surface area contributed by atoms with Crippen molar-refractivity contribution in [3.8, 4) is 0 Å². The van der Waals surface area contributed by atoms with Crippen LogP contribution in [0.15, 0.2) is 0 Å². The third kappa shape index (κ3) is 4.68. The summed E-state index contributed by atoms with van der Waals surface area (Å²) in [6.07, 6.45) is -17.7. The summed E-state index contributed by atoms with van der Waals surface area (Å²) >= 11 is 0. The maximum absolute atomic E-state index is 10.7. The van der Waals surface area contributed by atoms with E-state index in [0.717, 1.165) is 0 Å². The minimum atomic E-state index is -2.48. The van der Waals surface area contributed by atoms with Crippen molar-refractivity contribution in [2.24, 2.45) is 11.5 Å². The molecule has 16 nitrogen and oxygen atoms in total. The Bertz CT molecular complexity index is 756. The van der Waals surface area contributed by atoms with E-state index in [0.29, 0.717) is 0 Å². The molecule has 0 aromatic carbocycles. The first-order chi connectivity index (χ1) is 17.0. The molecule has 1 spiro atoms. The Morgan fingerprint density at radius 2 is 1.61 bits per heavy atom. The van der Waals surface area contributed by atoms with Gasteiger partial charge >= 0.3 is 5.97 Å². The van der Waals surface area contributed by atoms with Crippen LogP contribution in [-0.2, 0) is 23.7 Å². The number of aliphatic hydroxyl groups excluding tert-OH is 8. The van der Waals surface area contributed by atoms with Crippen molar-refractivity contribution in [3.05, 3.63) is 0 Å². The van der Waals surface area contributed by atoms with E-state index in [1.165, 1.54) is 0 Å². The highest BCUT2D eigenvalue weighted by Crippen LogP contribution is 2.45. The molecule has 16 heteroatoms. The van der Waals surface area contributed by atoms with E-state index in [4.69, 9.17) is 35.2 Å². The summed E-state index contributed by atoms with van der Waals surface area (Å²) in [5.74, 6) is -2.48. The molecule has 0 unspecified atom stereocenters. The summed E-state index contributed by atoms with van der Waals surface area (Å²) in [6, 6.07) is -2.50. The predicted molar refractivity (Wildman–Crippen MR) is 115 cm³/mol. The molecule has 36 heavy (non-hydrogen) atoms. The van der Waals surface area contributed by atoms with Gasteiger partial charge in [-0.05, 0) is 13.5 Å². The lowest BCUT2D eigenvalue weighted by Crippen LogP contribution is -2.69. The van der Waals surface area contributed by atoms with Crippen molar-refractivity contribution in [2.45, 2.75) is 104 Å². The Labute approximate surface area is 206 Å². The van der Waals surface area contributed by atoms with Gasteiger partial charge in [-0.2, -0.15) is 0 Å². The number of likely N-dealkylation sites (N-methyl/N-ethyl adjacent to an activating group) is 1. The van der Waals surface area contributed by atoms with E-state index in [2.05, 4.69) is 5.32 Å². The van der Waals surface area contributed by atoms with Crippen LogP contribution in [0.1, 0.15) is 6.42 Å². The predicted octanol–water partition coefficient (Wildman–Crippen LogP) is -7.27. The minimum Gasteiger partial charge on any atom is -0.395 e. The molecular weight excluding hydrogens is 490 g/mol. The van der Waals surface area contributed by atoms with E-state index < -0.39 is 111 Å². The highest BCUT2D eigenvalue weighted by Gasteiger charge is 2.67. The Morgan fingerprint density at radius 3 is 2.22 bits per heavy atom. The number of rotatable bonds is 6. The number of hydrogen-bond donors (Lipinski definition) is 11. The van der Waals surface area contributed by atoms with Crippen LogP contribution in [0.3, 0.4) is 0 Å². The molecule has 3 heterocycles. The second-order valence-corrected chi connectivity index (χ2v) is 9.72. The van der Waals surface area contributed by atoms with Crippen LogP contribution in [0.5, 0.6) is 0 Å². The third-order valence-electron chi connectivity index (χ3n) is 7.42. The Morgan fingerprint density at radius 1 is 0.944 bits per heavy atom. The van der Waals surface area contributed by atoms with E-state index >= 15 is 0 Å². The maximum Gasteiger partial charge on any atom is 0.314 e. The van der Waals surface area contributed by atoms with Gasteiger partial charge in [-0.25, -0.2) is 0 Å². The highest BCUT2D eigenvalue weighted by atomic mass is 16.9. The lowest BCUT2D eigenvalue weighted by atomic mass is 9.84. The third-order valence-corrected chi connectivity index (χ3v) is 7.42. The molecule has 3 aliphatic heterocycles. The Balaban J connectivity index is 1.62. The van der Waals surface area contributed by atoms with Gasteiger partial charge < -0.3 is 81.3 Å². The molecule has 3 saturated heterocycles. The first kappa shape index (κ1) is 28.4. The van der Waals surface area contributed by atoms with Crippen LogP contribution in [0, 0.1) is 0 Å². The van der Waals surface area contributed by atoms with Gasteiger partial charge in [0.2, 0.25) is 0 Å². The van der Waals surface area contributed by atoms with E-state index in [1.807, 2.05) is 0 Å². The number of hydrogen-bond acceptors (Lipinski definition) is 16. The van der Waals surface area contributed by atoms with Crippen molar-refractivity contribution in [1.82, 2.24) is 5.32 Å². The number of ether oxygens (including phenoxy) is 5. The summed E-state index contributed by atoms with van der Waals surface area (Å²) < 4.78 is 28.7. The largest absolute Gasteiger partial charge is 0.395 e. The van der Waals surface area contributed by atoms with Crippen molar-refractivity contribution in [2.75, 3.05) is 20.3 Å². The van der Waals surface area contributed by atoms with Crippen LogP contribution in [0.4, 0.5) is 0 Å². The molecule has 4 rings (SSSR count). The van der Waals surface area contributed by atoms with Crippen LogP contribution >= 0.6 is 0 Å². The molecular formula is C20H37N3O13. The molecule has 210 valence electrons. The Hall–Kier alpha value is -0.640. The number of fused-ring (bicyclic) bond motifs is 1. The lowest BCUT2D eigenvalue weighted by molar-refractivity contribution is -0.439.